The summed E-state index contributed by atoms with van der Waals surface area (Å²) in [4.78, 5) is 6.59. The van der Waals surface area contributed by atoms with E-state index in [1.54, 1.807) is 18.3 Å². The summed E-state index contributed by atoms with van der Waals surface area (Å²) in [7, 11) is 0. The van der Waals surface area contributed by atoms with E-state index in [0.717, 1.165) is 17.1 Å². The highest BCUT2D eigenvalue weighted by atomic mass is 35.5. The number of nitrogens with zero attached hydrogens (tertiary/aromatic N) is 3. The van der Waals surface area contributed by atoms with Crippen LogP contribution in [0.2, 0.25) is 5.02 Å². The van der Waals surface area contributed by atoms with Crippen molar-refractivity contribution in [1.82, 2.24) is 19.8 Å². The summed E-state index contributed by atoms with van der Waals surface area (Å²) in [6.45, 7) is 0.681. The molecule has 0 amide bonds. The lowest BCUT2D eigenvalue weighted by atomic mass is 10.0. The van der Waals surface area contributed by atoms with Gasteiger partial charge in [-0.15, -0.1) is 0 Å². The number of hydrogen-bond acceptors (Lipinski definition) is 3. The van der Waals surface area contributed by atoms with Crippen LogP contribution in [0.25, 0.3) is 5.69 Å². The minimum atomic E-state index is -0.455. The molecule has 5 nitrogen and oxygen atoms in total. The van der Waals surface area contributed by atoms with E-state index in [2.05, 4.69) is 15.2 Å². The molecule has 0 unspecified atom stereocenters. The first-order valence-corrected chi connectivity index (χ1v) is 10.1. The van der Waals surface area contributed by atoms with Crippen molar-refractivity contribution in [3.05, 3.63) is 83.2 Å². The van der Waals surface area contributed by atoms with Gasteiger partial charge < -0.3 is 19.9 Å². The van der Waals surface area contributed by atoms with Crippen LogP contribution in [0.4, 0.5) is 4.39 Å². The summed E-state index contributed by atoms with van der Waals surface area (Å²) in [5, 5.41) is 13.4. The molecular formula is C21H20ClFN4OS. The van der Waals surface area contributed by atoms with Gasteiger partial charge in [0, 0.05) is 36.9 Å². The number of halogens is 2. The van der Waals surface area contributed by atoms with Gasteiger partial charge >= 0.3 is 0 Å². The van der Waals surface area contributed by atoms with Crippen molar-refractivity contribution in [2.45, 2.75) is 18.5 Å². The zero-order chi connectivity index (χ0) is 20.4. The molecule has 1 fully saturated rings. The molecule has 0 saturated carbocycles. The van der Waals surface area contributed by atoms with Gasteiger partial charge in [0.2, 0.25) is 0 Å². The Morgan fingerprint density at radius 2 is 2.07 bits per heavy atom. The fourth-order valence-corrected chi connectivity index (χ4v) is 4.22. The van der Waals surface area contributed by atoms with Crippen LogP contribution in [0, 0.1) is 5.82 Å². The van der Waals surface area contributed by atoms with Gasteiger partial charge in [0.25, 0.3) is 0 Å². The largest absolute Gasteiger partial charge is 0.396 e. The molecule has 3 aromatic rings. The van der Waals surface area contributed by atoms with Crippen molar-refractivity contribution in [3.63, 3.8) is 0 Å². The molecule has 8 heteroatoms. The fourth-order valence-electron chi connectivity index (χ4n) is 3.71. The van der Waals surface area contributed by atoms with Crippen molar-refractivity contribution in [2.75, 3.05) is 13.2 Å². The Hall–Kier alpha value is -2.48. The van der Waals surface area contributed by atoms with Gasteiger partial charge in [-0.2, -0.15) is 0 Å². The molecule has 2 N–H and O–H groups in total. The molecule has 150 valence electrons. The number of aliphatic hydroxyl groups excluding tert-OH is 1. The predicted octanol–water partition coefficient (Wildman–Crippen LogP) is 4.02. The van der Waals surface area contributed by atoms with E-state index in [1.165, 1.54) is 6.07 Å². The molecule has 4 rings (SSSR count). The van der Waals surface area contributed by atoms with E-state index in [4.69, 9.17) is 23.8 Å². The van der Waals surface area contributed by atoms with Gasteiger partial charge in [-0.1, -0.05) is 17.7 Å². The maximum Gasteiger partial charge on any atom is 0.170 e. The maximum absolute atomic E-state index is 13.7. The lowest BCUT2D eigenvalue weighted by Crippen LogP contribution is -2.31. The first-order valence-electron chi connectivity index (χ1n) is 9.31. The third kappa shape index (κ3) is 3.85. The fraction of sp³-hybridized carbons (Fsp3) is 0.238. The first-order chi connectivity index (χ1) is 14.1. The van der Waals surface area contributed by atoms with Crippen LogP contribution in [0.15, 0.2) is 60.9 Å². The molecule has 1 aromatic carbocycles. The van der Waals surface area contributed by atoms with Crippen LogP contribution < -0.4 is 5.32 Å². The normalized spacial score (nSPS) is 18.9. The summed E-state index contributed by atoms with van der Waals surface area (Å²) >= 11 is 11.6. The Labute approximate surface area is 178 Å². The van der Waals surface area contributed by atoms with E-state index in [-0.39, 0.29) is 23.7 Å². The molecule has 2 atom stereocenters. The molecule has 29 heavy (non-hydrogen) atoms. The van der Waals surface area contributed by atoms with E-state index in [0.29, 0.717) is 18.1 Å². The summed E-state index contributed by atoms with van der Waals surface area (Å²) in [5.41, 5.74) is 2.60. The number of aliphatic hydroxyl groups is 1. The van der Waals surface area contributed by atoms with Gasteiger partial charge in [-0.05, 0) is 61.1 Å². The van der Waals surface area contributed by atoms with Gasteiger partial charge in [0.15, 0.2) is 5.11 Å². The monoisotopic (exact) mass is 430 g/mol. The quantitative estimate of drug-likeness (QED) is 0.578. The number of hydrogen-bond donors (Lipinski definition) is 2. The summed E-state index contributed by atoms with van der Waals surface area (Å²) in [6.07, 6.45) is 4.27. The second kappa shape index (κ2) is 8.49. The number of benzene rings is 1. The van der Waals surface area contributed by atoms with Crippen LogP contribution in [-0.2, 0) is 0 Å². The Kier molecular flexibility index (Phi) is 5.80. The van der Waals surface area contributed by atoms with Gasteiger partial charge in [-0.3, -0.25) is 4.98 Å². The Morgan fingerprint density at radius 3 is 2.79 bits per heavy atom. The van der Waals surface area contributed by atoms with Gasteiger partial charge in [0.05, 0.1) is 22.8 Å². The molecule has 0 spiro atoms. The van der Waals surface area contributed by atoms with E-state index >= 15 is 0 Å². The molecule has 1 saturated heterocycles. The molecule has 1 aliphatic heterocycles. The Morgan fingerprint density at radius 1 is 1.21 bits per heavy atom. The minimum absolute atomic E-state index is 0.0700. The van der Waals surface area contributed by atoms with Crippen LogP contribution in [0.1, 0.15) is 29.9 Å². The van der Waals surface area contributed by atoms with E-state index < -0.39 is 5.82 Å². The SMILES string of the molecule is OCCCN1C(=S)N[C@H](c2ccccn2)[C@H]1c1cccn1-c1ccc(F)c(Cl)c1. The lowest BCUT2D eigenvalue weighted by molar-refractivity contribution is 0.245. The summed E-state index contributed by atoms with van der Waals surface area (Å²) in [5.74, 6) is -0.455. The average molecular weight is 431 g/mol. The van der Waals surface area contributed by atoms with E-state index in [1.807, 2.05) is 41.1 Å². The van der Waals surface area contributed by atoms with Gasteiger partial charge in [0.1, 0.15) is 5.82 Å². The second-order valence-corrected chi connectivity index (χ2v) is 7.59. The summed E-state index contributed by atoms with van der Waals surface area (Å²) < 4.78 is 15.6. The standard InChI is InChI=1S/C21H20ClFN4OS/c22-15-13-14(7-8-16(15)23)26-10-3-6-18(26)20-19(17-5-1-2-9-24-17)25-21(29)27(20)11-4-12-28/h1-3,5-10,13,19-20,28H,4,11-12H2,(H,25,29)/t19-,20-/m1/s1. The highest BCUT2D eigenvalue weighted by Gasteiger charge is 2.40. The second-order valence-electron chi connectivity index (χ2n) is 6.80. The number of nitrogens with one attached hydrogen (secondary N) is 1. The predicted molar refractivity (Wildman–Crippen MR) is 115 cm³/mol. The Bertz CT molecular complexity index is 1010. The van der Waals surface area contributed by atoms with Crippen LogP contribution in [-0.4, -0.2) is 37.8 Å². The number of rotatable bonds is 6. The van der Waals surface area contributed by atoms with Crippen LogP contribution in [0.3, 0.4) is 0 Å². The molecule has 3 heterocycles. The van der Waals surface area contributed by atoms with E-state index in [9.17, 15) is 9.50 Å². The van der Waals surface area contributed by atoms with Gasteiger partial charge in [-0.25, -0.2) is 4.39 Å². The van der Waals surface area contributed by atoms with Crippen LogP contribution in [0.5, 0.6) is 0 Å². The molecular weight excluding hydrogens is 411 g/mol. The molecule has 0 bridgehead atoms. The minimum Gasteiger partial charge on any atom is -0.396 e. The van der Waals surface area contributed by atoms with Crippen molar-refractivity contribution >= 4 is 28.9 Å². The summed E-state index contributed by atoms with van der Waals surface area (Å²) in [6, 6.07) is 14.1. The van der Waals surface area contributed by atoms with Crippen molar-refractivity contribution in [2.24, 2.45) is 0 Å². The first kappa shape index (κ1) is 19.8. The Balaban J connectivity index is 1.79. The number of aromatic nitrogens is 2. The highest BCUT2D eigenvalue weighted by molar-refractivity contribution is 7.80. The molecule has 2 aromatic heterocycles. The average Bonchev–Trinajstić information content (AvgIpc) is 3.33. The smallest absolute Gasteiger partial charge is 0.170 e. The molecule has 0 radical (unpaired) electrons. The maximum atomic E-state index is 13.7. The topological polar surface area (TPSA) is 53.3 Å². The zero-order valence-corrected chi connectivity index (χ0v) is 17.1. The van der Waals surface area contributed by atoms with Crippen molar-refractivity contribution in [1.29, 1.82) is 0 Å². The third-order valence-electron chi connectivity index (χ3n) is 5.02. The lowest BCUT2D eigenvalue weighted by Gasteiger charge is -2.28. The van der Waals surface area contributed by atoms with Crippen LogP contribution >= 0.6 is 23.8 Å². The molecule has 1 aliphatic rings. The number of thiocarbonyl (C=S) groups is 1. The van der Waals surface area contributed by atoms with Crippen molar-refractivity contribution in [3.8, 4) is 5.69 Å². The highest BCUT2D eigenvalue weighted by Crippen LogP contribution is 2.39. The number of pyridine rings is 1. The zero-order valence-electron chi connectivity index (χ0n) is 15.5. The third-order valence-corrected chi connectivity index (χ3v) is 5.66. The molecule has 0 aliphatic carbocycles. The van der Waals surface area contributed by atoms with Crippen molar-refractivity contribution < 1.29 is 9.50 Å².